The van der Waals surface area contributed by atoms with Gasteiger partial charge >= 0.3 is 0 Å². The Kier molecular flexibility index (Phi) is 3.89. The fraction of sp³-hybridized carbons (Fsp3) is 0.895. The van der Waals surface area contributed by atoms with Gasteiger partial charge in [0.15, 0.2) is 0 Å². The normalized spacial score (nSPS) is 39.5. The maximum atomic E-state index is 13.3. The minimum atomic E-state index is -0.00570. The van der Waals surface area contributed by atoms with Crippen LogP contribution in [0.1, 0.15) is 64.7 Å². The number of rotatable bonds is 3. The topological polar surface area (TPSA) is 49.4 Å². The van der Waals surface area contributed by atoms with Gasteiger partial charge in [-0.05, 0) is 69.1 Å². The molecule has 1 aliphatic heterocycles. The van der Waals surface area contributed by atoms with Crippen molar-refractivity contribution in [1.82, 2.24) is 10.2 Å². The molecule has 4 aliphatic carbocycles. The lowest BCUT2D eigenvalue weighted by atomic mass is 9.49. The second kappa shape index (κ2) is 5.78. The minimum absolute atomic E-state index is 0.00570. The number of nitrogens with zero attached hydrogens (tertiary/aromatic N) is 1. The van der Waals surface area contributed by atoms with Gasteiger partial charge < -0.3 is 10.2 Å². The zero-order chi connectivity index (χ0) is 16.0. The van der Waals surface area contributed by atoms with Crippen LogP contribution in [-0.4, -0.2) is 35.8 Å². The van der Waals surface area contributed by atoms with Gasteiger partial charge in [-0.3, -0.25) is 9.59 Å². The van der Waals surface area contributed by atoms with E-state index in [1.807, 2.05) is 6.92 Å². The van der Waals surface area contributed by atoms with E-state index >= 15 is 0 Å². The molecule has 128 valence electrons. The number of carbonyl (C=O) groups is 2. The predicted octanol–water partition coefficient (Wildman–Crippen LogP) is 2.72. The van der Waals surface area contributed by atoms with Crippen LogP contribution >= 0.6 is 0 Å². The second-order valence-electron chi connectivity index (χ2n) is 8.69. The zero-order valence-electron chi connectivity index (χ0n) is 14.4. The summed E-state index contributed by atoms with van der Waals surface area (Å²) in [4.78, 5) is 26.9. The lowest BCUT2D eigenvalue weighted by molar-refractivity contribution is -0.158. The molecular formula is C19H30N2O2. The molecule has 0 unspecified atom stereocenters. The number of piperidine rings is 1. The van der Waals surface area contributed by atoms with E-state index in [1.54, 1.807) is 0 Å². The Morgan fingerprint density at radius 1 is 1.00 bits per heavy atom. The van der Waals surface area contributed by atoms with Crippen LogP contribution in [-0.2, 0) is 9.59 Å². The van der Waals surface area contributed by atoms with Crippen LogP contribution < -0.4 is 5.32 Å². The summed E-state index contributed by atoms with van der Waals surface area (Å²) >= 11 is 0. The SMILES string of the molecule is CCC(=O)NC1CCN(C(=O)C23CC4CC(CC(C4)C2)C3)CC1. The summed E-state index contributed by atoms with van der Waals surface area (Å²) in [7, 11) is 0. The van der Waals surface area contributed by atoms with Crippen molar-refractivity contribution in [2.24, 2.45) is 23.2 Å². The molecular weight excluding hydrogens is 288 g/mol. The third-order valence-electron chi connectivity index (χ3n) is 6.96. The van der Waals surface area contributed by atoms with Crippen LogP contribution in [0.4, 0.5) is 0 Å². The van der Waals surface area contributed by atoms with Crippen molar-refractivity contribution in [2.45, 2.75) is 70.8 Å². The maximum absolute atomic E-state index is 13.3. The standard InChI is InChI=1S/C19H30N2O2/c1-2-17(22)20-16-3-5-21(6-4-16)18(23)19-10-13-7-14(11-19)9-15(8-13)12-19/h13-16H,2-12H2,1H3,(H,20,22). The summed E-state index contributed by atoms with van der Waals surface area (Å²) in [6.07, 6.45) is 10.0. The van der Waals surface area contributed by atoms with Crippen LogP contribution in [0, 0.1) is 23.2 Å². The first-order valence-electron chi connectivity index (χ1n) is 9.67. The number of hydrogen-bond donors (Lipinski definition) is 1. The van der Waals surface area contributed by atoms with E-state index < -0.39 is 0 Å². The second-order valence-corrected chi connectivity index (χ2v) is 8.69. The molecule has 5 fully saturated rings. The molecule has 2 amide bonds. The lowest BCUT2D eigenvalue weighted by Crippen LogP contribution is -2.56. The Hall–Kier alpha value is -1.06. The van der Waals surface area contributed by atoms with E-state index in [-0.39, 0.29) is 17.4 Å². The van der Waals surface area contributed by atoms with Crippen molar-refractivity contribution in [1.29, 1.82) is 0 Å². The molecule has 5 aliphatic rings. The van der Waals surface area contributed by atoms with Crippen LogP contribution in [0.3, 0.4) is 0 Å². The van der Waals surface area contributed by atoms with Gasteiger partial charge in [0, 0.05) is 25.6 Å². The predicted molar refractivity (Wildman–Crippen MR) is 88.6 cm³/mol. The van der Waals surface area contributed by atoms with Gasteiger partial charge in [0.25, 0.3) is 0 Å². The summed E-state index contributed by atoms with van der Waals surface area (Å²) in [6.45, 7) is 3.55. The highest BCUT2D eigenvalue weighted by Gasteiger charge is 2.55. The number of hydrogen-bond acceptors (Lipinski definition) is 2. The van der Waals surface area contributed by atoms with Crippen molar-refractivity contribution in [3.63, 3.8) is 0 Å². The van der Waals surface area contributed by atoms with Gasteiger partial charge in [-0.15, -0.1) is 0 Å². The molecule has 0 radical (unpaired) electrons. The summed E-state index contributed by atoms with van der Waals surface area (Å²) in [6, 6.07) is 0.267. The molecule has 4 heteroatoms. The Bertz CT molecular complexity index is 458. The van der Waals surface area contributed by atoms with Crippen molar-refractivity contribution >= 4 is 11.8 Å². The van der Waals surface area contributed by atoms with Crippen LogP contribution in [0.25, 0.3) is 0 Å². The van der Waals surface area contributed by atoms with Crippen LogP contribution in [0.15, 0.2) is 0 Å². The number of nitrogens with one attached hydrogen (secondary N) is 1. The Labute approximate surface area is 139 Å². The first-order valence-corrected chi connectivity index (χ1v) is 9.67. The summed E-state index contributed by atoms with van der Waals surface area (Å²) in [5.41, 5.74) is -0.00570. The molecule has 0 aromatic heterocycles. The molecule has 0 spiro atoms. The van der Waals surface area contributed by atoms with Gasteiger partial charge in [-0.2, -0.15) is 0 Å². The first kappa shape index (κ1) is 15.5. The summed E-state index contributed by atoms with van der Waals surface area (Å²) < 4.78 is 0. The minimum Gasteiger partial charge on any atom is -0.353 e. The third-order valence-corrected chi connectivity index (χ3v) is 6.96. The van der Waals surface area contributed by atoms with Crippen LogP contribution in [0.5, 0.6) is 0 Å². The van der Waals surface area contributed by atoms with Gasteiger partial charge in [0.1, 0.15) is 0 Å². The van der Waals surface area contributed by atoms with E-state index in [0.717, 1.165) is 62.9 Å². The first-order chi connectivity index (χ1) is 11.1. The molecule has 1 heterocycles. The zero-order valence-corrected chi connectivity index (χ0v) is 14.4. The Morgan fingerprint density at radius 3 is 2.00 bits per heavy atom. The van der Waals surface area contributed by atoms with Gasteiger partial charge in [-0.25, -0.2) is 0 Å². The largest absolute Gasteiger partial charge is 0.353 e. The molecule has 5 rings (SSSR count). The number of carbonyl (C=O) groups excluding carboxylic acids is 2. The highest BCUT2D eigenvalue weighted by molar-refractivity contribution is 5.83. The third kappa shape index (κ3) is 2.78. The molecule has 4 bridgehead atoms. The van der Waals surface area contributed by atoms with Crippen molar-refractivity contribution < 1.29 is 9.59 Å². The molecule has 0 atom stereocenters. The van der Waals surface area contributed by atoms with E-state index in [9.17, 15) is 9.59 Å². The fourth-order valence-electron chi connectivity index (χ4n) is 6.26. The van der Waals surface area contributed by atoms with Gasteiger partial charge in [0.05, 0.1) is 5.41 Å². The summed E-state index contributed by atoms with van der Waals surface area (Å²) in [5.74, 6) is 3.07. The van der Waals surface area contributed by atoms with Crippen molar-refractivity contribution in [2.75, 3.05) is 13.1 Å². The number of amides is 2. The Morgan fingerprint density at radius 2 is 1.52 bits per heavy atom. The smallest absolute Gasteiger partial charge is 0.228 e. The monoisotopic (exact) mass is 318 g/mol. The van der Waals surface area contributed by atoms with Gasteiger partial charge in [-0.1, -0.05) is 6.92 Å². The van der Waals surface area contributed by atoms with Crippen LogP contribution in [0.2, 0.25) is 0 Å². The molecule has 0 aromatic rings. The van der Waals surface area contributed by atoms with E-state index in [0.29, 0.717) is 12.3 Å². The summed E-state index contributed by atoms with van der Waals surface area (Å²) in [5, 5.41) is 3.09. The Balaban J connectivity index is 1.38. The highest BCUT2D eigenvalue weighted by Crippen LogP contribution is 2.60. The van der Waals surface area contributed by atoms with E-state index in [2.05, 4.69) is 10.2 Å². The maximum Gasteiger partial charge on any atom is 0.228 e. The molecule has 23 heavy (non-hydrogen) atoms. The van der Waals surface area contributed by atoms with E-state index in [1.165, 1.54) is 19.3 Å². The average Bonchev–Trinajstić information content (AvgIpc) is 2.53. The van der Waals surface area contributed by atoms with Crippen molar-refractivity contribution in [3.8, 4) is 0 Å². The van der Waals surface area contributed by atoms with E-state index in [4.69, 9.17) is 0 Å². The average molecular weight is 318 g/mol. The molecule has 0 aromatic carbocycles. The fourth-order valence-corrected chi connectivity index (χ4v) is 6.26. The van der Waals surface area contributed by atoms with Gasteiger partial charge in [0.2, 0.25) is 11.8 Å². The molecule has 1 N–H and O–H groups in total. The van der Waals surface area contributed by atoms with Crippen molar-refractivity contribution in [3.05, 3.63) is 0 Å². The quantitative estimate of drug-likeness (QED) is 0.870. The molecule has 4 nitrogen and oxygen atoms in total. The molecule has 4 saturated carbocycles. The molecule has 1 saturated heterocycles. The highest BCUT2D eigenvalue weighted by atomic mass is 16.2. The lowest BCUT2D eigenvalue weighted by Gasteiger charge is -2.57. The number of likely N-dealkylation sites (tertiary alicyclic amines) is 1.